The molecule has 1 heterocycles. The number of aromatic nitrogens is 1. The van der Waals surface area contributed by atoms with Gasteiger partial charge in [0.2, 0.25) is 5.91 Å². The number of amidine groups is 1. The number of primary amides is 1. The maximum atomic E-state index is 10.5. The summed E-state index contributed by atoms with van der Waals surface area (Å²) >= 11 is 0. The fourth-order valence-electron chi connectivity index (χ4n) is 1.18. The van der Waals surface area contributed by atoms with Gasteiger partial charge in [-0.05, 0) is 11.6 Å². The summed E-state index contributed by atoms with van der Waals surface area (Å²) in [5.74, 6) is -0.522. The Hall–Kier alpha value is -2.15. The highest BCUT2D eigenvalue weighted by Crippen LogP contribution is 2.04. The maximum absolute atomic E-state index is 10.5. The van der Waals surface area contributed by atoms with Gasteiger partial charge >= 0.3 is 0 Å². The number of amides is 1. The third kappa shape index (κ3) is 3.21. The number of rotatable bonds is 5. The van der Waals surface area contributed by atoms with E-state index < -0.39 is 5.91 Å². The number of carbonyl (C=O) groups is 1. The number of nitrogens with zero attached hydrogens (tertiary/aromatic N) is 2. The smallest absolute Gasteiger partial charge is 0.231 e. The predicted molar refractivity (Wildman–Crippen MR) is 57.6 cm³/mol. The minimum atomic E-state index is -0.450. The number of nitrogens with two attached hydrogens (primary N) is 2. The van der Waals surface area contributed by atoms with Crippen molar-refractivity contribution >= 4 is 11.7 Å². The minimum Gasteiger partial charge on any atom is -0.409 e. The first kappa shape index (κ1) is 11.9. The molecular formula is C9H13N5O2. The molecule has 0 fully saturated rings. The largest absolute Gasteiger partial charge is 0.409 e. The Morgan fingerprint density at radius 3 is 2.94 bits per heavy atom. The Kier molecular flexibility index (Phi) is 4.22. The van der Waals surface area contributed by atoms with E-state index in [1.807, 2.05) is 0 Å². The number of nitrogens with one attached hydrogen (secondary N) is 1. The highest BCUT2D eigenvalue weighted by Gasteiger charge is 2.07. The molecule has 0 spiro atoms. The van der Waals surface area contributed by atoms with E-state index in [1.54, 1.807) is 12.1 Å². The SMILES string of the molecule is NC(=O)CNCc1cccnc1C(N)=NO. The fraction of sp³-hybridized carbons (Fsp3) is 0.222. The van der Waals surface area contributed by atoms with Gasteiger partial charge in [-0.25, -0.2) is 0 Å². The number of oxime groups is 1. The van der Waals surface area contributed by atoms with Gasteiger partial charge in [-0.3, -0.25) is 9.78 Å². The molecule has 0 radical (unpaired) electrons. The molecule has 1 amide bonds. The summed E-state index contributed by atoms with van der Waals surface area (Å²) in [6, 6.07) is 3.48. The van der Waals surface area contributed by atoms with Crippen LogP contribution in [0.5, 0.6) is 0 Å². The molecular weight excluding hydrogens is 210 g/mol. The quantitative estimate of drug-likeness (QED) is 0.215. The Labute approximate surface area is 92.1 Å². The van der Waals surface area contributed by atoms with E-state index in [-0.39, 0.29) is 12.4 Å². The lowest BCUT2D eigenvalue weighted by Crippen LogP contribution is -2.29. The molecule has 16 heavy (non-hydrogen) atoms. The van der Waals surface area contributed by atoms with Crippen molar-refractivity contribution in [1.29, 1.82) is 0 Å². The first-order chi connectivity index (χ1) is 7.65. The zero-order valence-corrected chi connectivity index (χ0v) is 8.55. The molecule has 7 nitrogen and oxygen atoms in total. The van der Waals surface area contributed by atoms with Crippen LogP contribution in [0.15, 0.2) is 23.5 Å². The topological polar surface area (TPSA) is 127 Å². The monoisotopic (exact) mass is 223 g/mol. The van der Waals surface area contributed by atoms with Crippen molar-refractivity contribution in [3.8, 4) is 0 Å². The Morgan fingerprint density at radius 2 is 2.31 bits per heavy atom. The van der Waals surface area contributed by atoms with Crippen molar-refractivity contribution in [2.75, 3.05) is 6.54 Å². The van der Waals surface area contributed by atoms with E-state index in [1.165, 1.54) is 6.20 Å². The van der Waals surface area contributed by atoms with E-state index in [0.717, 1.165) is 5.56 Å². The summed E-state index contributed by atoms with van der Waals surface area (Å²) in [6.07, 6.45) is 1.53. The molecule has 1 aromatic heterocycles. The molecule has 0 atom stereocenters. The fourth-order valence-corrected chi connectivity index (χ4v) is 1.18. The van der Waals surface area contributed by atoms with E-state index >= 15 is 0 Å². The summed E-state index contributed by atoms with van der Waals surface area (Å²) in [4.78, 5) is 14.5. The van der Waals surface area contributed by atoms with Gasteiger partial charge in [0.1, 0.15) is 5.69 Å². The standard InChI is InChI=1S/C9H13N5O2/c10-7(15)5-12-4-6-2-1-3-13-8(6)9(11)14-16/h1-3,12,16H,4-5H2,(H2,10,15)(H2,11,14). The van der Waals surface area contributed by atoms with Gasteiger partial charge in [0.25, 0.3) is 0 Å². The molecule has 0 aliphatic rings. The van der Waals surface area contributed by atoms with Crippen molar-refractivity contribution in [1.82, 2.24) is 10.3 Å². The van der Waals surface area contributed by atoms with Gasteiger partial charge in [-0.2, -0.15) is 0 Å². The van der Waals surface area contributed by atoms with Gasteiger partial charge in [-0.15, -0.1) is 0 Å². The Balaban J connectivity index is 2.75. The molecule has 0 aliphatic carbocycles. The second kappa shape index (κ2) is 5.66. The number of carbonyl (C=O) groups excluding carboxylic acids is 1. The first-order valence-corrected chi connectivity index (χ1v) is 4.56. The van der Waals surface area contributed by atoms with Crippen LogP contribution in [0, 0.1) is 0 Å². The number of hydrogen-bond acceptors (Lipinski definition) is 5. The van der Waals surface area contributed by atoms with Crippen molar-refractivity contribution in [3.63, 3.8) is 0 Å². The molecule has 0 aromatic carbocycles. The van der Waals surface area contributed by atoms with Crippen LogP contribution in [0.25, 0.3) is 0 Å². The minimum absolute atomic E-state index is 0.0600. The van der Waals surface area contributed by atoms with E-state index in [2.05, 4.69) is 15.5 Å². The highest BCUT2D eigenvalue weighted by atomic mass is 16.4. The summed E-state index contributed by atoms with van der Waals surface area (Å²) in [5, 5.41) is 14.2. The second-order valence-corrected chi connectivity index (χ2v) is 3.07. The lowest BCUT2D eigenvalue weighted by molar-refractivity contribution is -0.117. The zero-order valence-electron chi connectivity index (χ0n) is 8.55. The maximum Gasteiger partial charge on any atom is 0.231 e. The van der Waals surface area contributed by atoms with Crippen LogP contribution in [0.2, 0.25) is 0 Å². The first-order valence-electron chi connectivity index (χ1n) is 4.56. The molecule has 0 saturated heterocycles. The number of hydrogen-bond donors (Lipinski definition) is 4. The van der Waals surface area contributed by atoms with Gasteiger partial charge in [-0.1, -0.05) is 11.2 Å². The predicted octanol–water partition coefficient (Wildman–Crippen LogP) is -1.25. The Morgan fingerprint density at radius 1 is 1.56 bits per heavy atom. The molecule has 0 aliphatic heterocycles. The molecule has 0 bridgehead atoms. The highest BCUT2D eigenvalue weighted by molar-refractivity contribution is 5.96. The molecule has 0 saturated carbocycles. The third-order valence-electron chi connectivity index (χ3n) is 1.86. The summed E-state index contributed by atoms with van der Waals surface area (Å²) in [6.45, 7) is 0.423. The third-order valence-corrected chi connectivity index (χ3v) is 1.86. The van der Waals surface area contributed by atoms with Crippen molar-refractivity contribution in [2.45, 2.75) is 6.54 Å². The number of pyridine rings is 1. The van der Waals surface area contributed by atoms with Crippen LogP contribution in [0.4, 0.5) is 0 Å². The van der Waals surface area contributed by atoms with E-state index in [9.17, 15) is 4.79 Å². The second-order valence-electron chi connectivity index (χ2n) is 3.07. The zero-order chi connectivity index (χ0) is 12.0. The van der Waals surface area contributed by atoms with Crippen molar-refractivity contribution < 1.29 is 10.0 Å². The van der Waals surface area contributed by atoms with E-state index in [0.29, 0.717) is 12.2 Å². The van der Waals surface area contributed by atoms with Crippen LogP contribution in [-0.2, 0) is 11.3 Å². The van der Waals surface area contributed by atoms with Crippen molar-refractivity contribution in [2.24, 2.45) is 16.6 Å². The molecule has 7 heteroatoms. The van der Waals surface area contributed by atoms with Gasteiger partial charge in [0.05, 0.1) is 6.54 Å². The van der Waals surface area contributed by atoms with Gasteiger partial charge < -0.3 is 22.0 Å². The normalized spacial score (nSPS) is 11.4. The van der Waals surface area contributed by atoms with Crippen molar-refractivity contribution in [3.05, 3.63) is 29.6 Å². The molecule has 0 unspecified atom stereocenters. The average molecular weight is 223 g/mol. The average Bonchev–Trinajstić information content (AvgIpc) is 2.28. The van der Waals surface area contributed by atoms with Gasteiger partial charge in [0, 0.05) is 12.7 Å². The summed E-state index contributed by atoms with van der Waals surface area (Å²) in [7, 11) is 0. The van der Waals surface area contributed by atoms with Crippen LogP contribution in [0.1, 0.15) is 11.3 Å². The van der Waals surface area contributed by atoms with Crippen LogP contribution in [0.3, 0.4) is 0 Å². The van der Waals surface area contributed by atoms with E-state index in [4.69, 9.17) is 16.7 Å². The van der Waals surface area contributed by atoms with Crippen LogP contribution >= 0.6 is 0 Å². The molecule has 1 aromatic rings. The van der Waals surface area contributed by atoms with Crippen LogP contribution < -0.4 is 16.8 Å². The molecule has 1 rings (SSSR count). The summed E-state index contributed by atoms with van der Waals surface area (Å²) in [5.41, 5.74) is 11.5. The lowest BCUT2D eigenvalue weighted by atomic mass is 10.2. The summed E-state index contributed by atoms with van der Waals surface area (Å²) < 4.78 is 0. The Bertz CT molecular complexity index is 405. The van der Waals surface area contributed by atoms with Crippen LogP contribution in [-0.4, -0.2) is 28.5 Å². The molecule has 86 valence electrons. The van der Waals surface area contributed by atoms with Gasteiger partial charge in [0.15, 0.2) is 5.84 Å². The molecule has 6 N–H and O–H groups in total. The lowest BCUT2D eigenvalue weighted by Gasteiger charge is -2.07.